The minimum Gasteiger partial charge on any atom is -0.506 e. The van der Waals surface area contributed by atoms with Gasteiger partial charge in [-0.15, -0.1) is 0 Å². The predicted molar refractivity (Wildman–Crippen MR) is 62.9 cm³/mol. The van der Waals surface area contributed by atoms with E-state index in [0.717, 1.165) is 6.07 Å². The molecule has 0 fully saturated rings. The quantitative estimate of drug-likeness (QED) is 0.893. The minimum atomic E-state index is -0.392. The van der Waals surface area contributed by atoms with Crippen molar-refractivity contribution in [2.45, 2.75) is 6.54 Å². The maximum Gasteiger partial charge on any atom is 0.254 e. The second kappa shape index (κ2) is 4.59. The Kier molecular flexibility index (Phi) is 3.15. The van der Waals surface area contributed by atoms with Crippen LogP contribution >= 0.6 is 11.6 Å². The van der Waals surface area contributed by atoms with E-state index in [4.69, 9.17) is 11.6 Å². The molecule has 0 amide bonds. The van der Waals surface area contributed by atoms with Crippen LogP contribution in [0.2, 0.25) is 5.02 Å². The molecule has 88 valence electrons. The molecule has 1 aromatic carbocycles. The number of hydrogen-bond acceptors (Lipinski definition) is 2. The van der Waals surface area contributed by atoms with Gasteiger partial charge in [-0.3, -0.25) is 4.79 Å². The molecule has 0 saturated heterocycles. The van der Waals surface area contributed by atoms with Crippen LogP contribution in [0.15, 0.2) is 41.3 Å². The highest BCUT2D eigenvalue weighted by atomic mass is 35.5. The lowest BCUT2D eigenvalue weighted by molar-refractivity contribution is 0.471. The Labute approximate surface area is 102 Å². The second-order valence-corrected chi connectivity index (χ2v) is 4.01. The van der Waals surface area contributed by atoms with Crippen molar-refractivity contribution in [3.63, 3.8) is 0 Å². The van der Waals surface area contributed by atoms with E-state index < -0.39 is 5.56 Å². The molecule has 2 rings (SSSR count). The fraction of sp³-hybridized carbons (Fsp3) is 0.0833. The molecule has 1 N–H and O–H groups in total. The largest absolute Gasteiger partial charge is 0.506 e. The van der Waals surface area contributed by atoms with E-state index in [1.54, 1.807) is 12.1 Å². The lowest BCUT2D eigenvalue weighted by Gasteiger charge is -2.07. The van der Waals surface area contributed by atoms with Crippen LogP contribution in [0.5, 0.6) is 5.75 Å². The van der Waals surface area contributed by atoms with Crippen molar-refractivity contribution in [3.05, 3.63) is 63.3 Å². The number of benzene rings is 1. The molecule has 1 heterocycles. The van der Waals surface area contributed by atoms with Gasteiger partial charge >= 0.3 is 0 Å². The molecule has 1 aromatic heterocycles. The lowest BCUT2D eigenvalue weighted by Crippen LogP contribution is -2.18. The highest BCUT2D eigenvalue weighted by Gasteiger charge is 2.04. The highest BCUT2D eigenvalue weighted by Crippen LogP contribution is 2.19. The maximum atomic E-state index is 13.0. The van der Waals surface area contributed by atoms with Crippen molar-refractivity contribution in [3.8, 4) is 5.75 Å². The third-order valence-corrected chi connectivity index (χ3v) is 2.59. The number of nitrogens with zero attached hydrogens (tertiary/aromatic N) is 1. The van der Waals surface area contributed by atoms with Gasteiger partial charge in [0.15, 0.2) is 0 Å². The number of hydrogen-bond donors (Lipinski definition) is 1. The van der Waals surface area contributed by atoms with Gasteiger partial charge in [0.2, 0.25) is 0 Å². The molecule has 0 aliphatic carbocycles. The van der Waals surface area contributed by atoms with Gasteiger partial charge in [-0.05, 0) is 17.7 Å². The summed E-state index contributed by atoms with van der Waals surface area (Å²) in [7, 11) is 0. The molecule has 0 aliphatic heterocycles. The summed E-state index contributed by atoms with van der Waals surface area (Å²) >= 11 is 5.70. The topological polar surface area (TPSA) is 42.2 Å². The van der Waals surface area contributed by atoms with Crippen LogP contribution in [0, 0.1) is 5.82 Å². The molecule has 0 atom stereocenters. The van der Waals surface area contributed by atoms with Crippen LogP contribution in [-0.2, 0) is 6.54 Å². The summed E-state index contributed by atoms with van der Waals surface area (Å²) in [4.78, 5) is 11.5. The third kappa shape index (κ3) is 2.65. The van der Waals surface area contributed by atoms with Gasteiger partial charge in [0.05, 0.1) is 11.6 Å². The van der Waals surface area contributed by atoms with E-state index in [-0.39, 0.29) is 23.1 Å². The van der Waals surface area contributed by atoms with Gasteiger partial charge < -0.3 is 9.67 Å². The lowest BCUT2D eigenvalue weighted by atomic mass is 10.2. The van der Waals surface area contributed by atoms with Gasteiger partial charge in [0, 0.05) is 12.3 Å². The molecular weight excluding hydrogens is 245 g/mol. The van der Waals surface area contributed by atoms with Crippen molar-refractivity contribution in [2.24, 2.45) is 0 Å². The number of aromatic hydroxyl groups is 1. The Morgan fingerprint density at radius 3 is 2.82 bits per heavy atom. The van der Waals surface area contributed by atoms with Crippen LogP contribution in [0.25, 0.3) is 0 Å². The van der Waals surface area contributed by atoms with E-state index in [0.29, 0.717) is 5.56 Å². The van der Waals surface area contributed by atoms with Gasteiger partial charge in [-0.25, -0.2) is 4.39 Å². The summed E-state index contributed by atoms with van der Waals surface area (Å²) in [6.07, 6.45) is 1.32. The molecular formula is C12H9ClFNO2. The van der Waals surface area contributed by atoms with E-state index in [2.05, 4.69) is 0 Å². The van der Waals surface area contributed by atoms with Gasteiger partial charge in [0.1, 0.15) is 11.6 Å². The predicted octanol–water partition coefficient (Wildman–Crippen LogP) is 2.39. The van der Waals surface area contributed by atoms with Gasteiger partial charge in [-0.1, -0.05) is 23.7 Å². The summed E-state index contributed by atoms with van der Waals surface area (Å²) in [5.41, 5.74) is 0.255. The highest BCUT2D eigenvalue weighted by molar-refractivity contribution is 6.31. The van der Waals surface area contributed by atoms with Crippen LogP contribution in [0.1, 0.15) is 5.56 Å². The molecule has 0 saturated carbocycles. The number of pyridine rings is 1. The Hall–Kier alpha value is -1.81. The molecule has 5 heteroatoms. The third-order valence-electron chi connectivity index (χ3n) is 2.30. The molecule has 0 radical (unpaired) electrons. The maximum absolute atomic E-state index is 13.0. The normalized spacial score (nSPS) is 10.5. The van der Waals surface area contributed by atoms with Crippen LogP contribution in [0.4, 0.5) is 4.39 Å². The summed E-state index contributed by atoms with van der Waals surface area (Å²) < 4.78 is 14.3. The van der Waals surface area contributed by atoms with Crippen molar-refractivity contribution in [1.29, 1.82) is 0 Å². The Morgan fingerprint density at radius 1 is 1.35 bits per heavy atom. The molecule has 17 heavy (non-hydrogen) atoms. The standard InChI is InChI=1S/C12H9ClFNO2/c13-10-7-15(12(17)5-11(10)16)6-8-2-1-3-9(14)4-8/h1-5,7,16H,6H2. The fourth-order valence-corrected chi connectivity index (χ4v) is 1.66. The number of rotatable bonds is 2. The summed E-state index contributed by atoms with van der Waals surface area (Å²) in [6, 6.07) is 6.97. The zero-order valence-corrected chi connectivity index (χ0v) is 9.49. The first-order valence-corrected chi connectivity index (χ1v) is 5.27. The van der Waals surface area contributed by atoms with E-state index in [9.17, 15) is 14.3 Å². The first-order chi connectivity index (χ1) is 8.06. The molecule has 0 bridgehead atoms. The molecule has 3 nitrogen and oxygen atoms in total. The smallest absolute Gasteiger partial charge is 0.254 e. The number of halogens is 2. The zero-order chi connectivity index (χ0) is 12.4. The van der Waals surface area contributed by atoms with Gasteiger partial charge in [0.25, 0.3) is 5.56 Å². The summed E-state index contributed by atoms with van der Waals surface area (Å²) in [5.74, 6) is -0.618. The van der Waals surface area contributed by atoms with Gasteiger partial charge in [-0.2, -0.15) is 0 Å². The molecule has 0 spiro atoms. The van der Waals surface area contributed by atoms with Crippen molar-refractivity contribution >= 4 is 11.6 Å². The average molecular weight is 254 g/mol. The Balaban J connectivity index is 2.37. The van der Waals surface area contributed by atoms with Crippen LogP contribution in [-0.4, -0.2) is 9.67 Å². The van der Waals surface area contributed by atoms with Crippen molar-refractivity contribution < 1.29 is 9.50 Å². The molecule has 2 aromatic rings. The summed E-state index contributed by atoms with van der Waals surface area (Å²) in [6.45, 7) is 0.205. The van der Waals surface area contributed by atoms with E-state index in [1.165, 1.54) is 22.9 Å². The Morgan fingerprint density at radius 2 is 2.12 bits per heavy atom. The van der Waals surface area contributed by atoms with Crippen LogP contribution in [0.3, 0.4) is 0 Å². The monoisotopic (exact) mass is 253 g/mol. The zero-order valence-electron chi connectivity index (χ0n) is 8.73. The molecule has 0 unspecified atom stereocenters. The Bertz CT molecular complexity index is 610. The van der Waals surface area contributed by atoms with E-state index >= 15 is 0 Å². The second-order valence-electron chi connectivity index (χ2n) is 3.60. The van der Waals surface area contributed by atoms with Crippen molar-refractivity contribution in [1.82, 2.24) is 4.57 Å². The SMILES string of the molecule is O=c1cc(O)c(Cl)cn1Cc1cccc(F)c1. The van der Waals surface area contributed by atoms with E-state index in [1.807, 2.05) is 0 Å². The van der Waals surface area contributed by atoms with Crippen LogP contribution < -0.4 is 5.56 Å². The fourth-order valence-electron chi connectivity index (χ4n) is 1.49. The average Bonchev–Trinajstić information content (AvgIpc) is 2.26. The van der Waals surface area contributed by atoms with Crippen molar-refractivity contribution in [2.75, 3.05) is 0 Å². The minimum absolute atomic E-state index is 0.0843. The number of aromatic nitrogens is 1. The first kappa shape index (κ1) is 11.7. The molecule has 0 aliphatic rings. The summed E-state index contributed by atoms with van der Waals surface area (Å²) in [5, 5.41) is 9.31. The first-order valence-electron chi connectivity index (χ1n) is 4.89.